The Bertz CT molecular complexity index is 593. The van der Waals surface area contributed by atoms with E-state index in [2.05, 4.69) is 19.2 Å². The quantitative estimate of drug-likeness (QED) is 0.909. The number of carbonyl (C=O) groups is 1. The van der Waals surface area contributed by atoms with E-state index in [0.717, 1.165) is 19.3 Å². The highest BCUT2D eigenvalue weighted by molar-refractivity contribution is 7.91. The molecule has 1 aromatic carbocycles. The van der Waals surface area contributed by atoms with Gasteiger partial charge in [-0.25, -0.2) is 8.42 Å². The Morgan fingerprint density at radius 2 is 1.95 bits per heavy atom. The Balaban J connectivity index is 1.84. The van der Waals surface area contributed by atoms with Gasteiger partial charge in [0.2, 0.25) is 5.91 Å². The minimum Gasteiger partial charge on any atom is -0.353 e. The number of hydrogen-bond acceptors (Lipinski definition) is 3. The molecule has 5 heteroatoms. The minimum absolute atomic E-state index is 0.0220. The van der Waals surface area contributed by atoms with Crippen LogP contribution in [0.4, 0.5) is 0 Å². The summed E-state index contributed by atoms with van der Waals surface area (Å²) in [5.74, 6) is -0.309. The van der Waals surface area contributed by atoms with Crippen LogP contribution in [0.15, 0.2) is 35.2 Å². The summed E-state index contributed by atoms with van der Waals surface area (Å²) in [6.07, 6.45) is 3.06. The van der Waals surface area contributed by atoms with Crippen LogP contribution in [0.2, 0.25) is 0 Å². The summed E-state index contributed by atoms with van der Waals surface area (Å²) in [7, 11) is -3.37. The van der Waals surface area contributed by atoms with E-state index in [0.29, 0.717) is 0 Å². The van der Waals surface area contributed by atoms with Crippen LogP contribution < -0.4 is 5.32 Å². The molecular formula is C16H23NO3S. The third-order valence-corrected chi connectivity index (χ3v) is 5.77. The molecule has 4 nitrogen and oxygen atoms in total. The number of nitrogens with one attached hydrogen (secondary N) is 1. The van der Waals surface area contributed by atoms with Gasteiger partial charge < -0.3 is 5.32 Å². The summed E-state index contributed by atoms with van der Waals surface area (Å²) in [5, 5.41) is 2.96. The standard InChI is InChI=1S/C16H23NO3S/c1-16(2)10-8-13(12-16)17-15(18)9-11-21(19,20)14-6-4-3-5-7-14/h3-7,13H,8-12H2,1-2H3,(H,17,18). The van der Waals surface area contributed by atoms with Crippen molar-refractivity contribution in [3.8, 4) is 0 Å². The molecular weight excluding hydrogens is 286 g/mol. The normalized spacial score (nSPS) is 21.1. The SMILES string of the molecule is CC1(C)CCC(NC(=O)CCS(=O)(=O)c2ccccc2)C1. The molecule has 0 heterocycles. The molecule has 1 aliphatic carbocycles. The van der Waals surface area contributed by atoms with Gasteiger partial charge in [-0.05, 0) is 36.8 Å². The molecule has 0 aliphatic heterocycles. The molecule has 1 aromatic rings. The van der Waals surface area contributed by atoms with Crippen LogP contribution >= 0.6 is 0 Å². The second-order valence-corrected chi connectivity index (χ2v) is 8.66. The van der Waals surface area contributed by atoms with Gasteiger partial charge >= 0.3 is 0 Å². The zero-order valence-corrected chi connectivity index (χ0v) is 13.4. The van der Waals surface area contributed by atoms with Gasteiger partial charge in [0.05, 0.1) is 10.6 Å². The monoisotopic (exact) mass is 309 g/mol. The van der Waals surface area contributed by atoms with Crippen molar-refractivity contribution in [2.24, 2.45) is 5.41 Å². The van der Waals surface area contributed by atoms with E-state index in [1.807, 2.05) is 0 Å². The highest BCUT2D eigenvalue weighted by Crippen LogP contribution is 2.36. The average molecular weight is 309 g/mol. The summed E-state index contributed by atoms with van der Waals surface area (Å²) >= 11 is 0. The number of sulfone groups is 1. The van der Waals surface area contributed by atoms with E-state index in [1.165, 1.54) is 0 Å². The van der Waals surface area contributed by atoms with Crippen LogP contribution in [0.3, 0.4) is 0 Å². The average Bonchev–Trinajstić information content (AvgIpc) is 2.77. The van der Waals surface area contributed by atoms with Crippen molar-refractivity contribution >= 4 is 15.7 Å². The Kier molecular flexibility index (Phi) is 4.71. The van der Waals surface area contributed by atoms with Crippen molar-refractivity contribution in [1.29, 1.82) is 0 Å². The first-order chi connectivity index (χ1) is 9.78. The van der Waals surface area contributed by atoms with Crippen LogP contribution in [0.5, 0.6) is 0 Å². The molecule has 1 unspecified atom stereocenters. The van der Waals surface area contributed by atoms with Gasteiger partial charge in [0.25, 0.3) is 0 Å². The maximum absolute atomic E-state index is 12.1. The smallest absolute Gasteiger partial charge is 0.221 e. The lowest BCUT2D eigenvalue weighted by Crippen LogP contribution is -2.34. The molecule has 116 valence electrons. The second kappa shape index (κ2) is 6.18. The molecule has 1 N–H and O–H groups in total. The molecule has 21 heavy (non-hydrogen) atoms. The van der Waals surface area contributed by atoms with Crippen molar-refractivity contribution in [1.82, 2.24) is 5.32 Å². The van der Waals surface area contributed by atoms with Crippen molar-refractivity contribution in [3.63, 3.8) is 0 Å². The predicted octanol–water partition coefficient (Wildman–Crippen LogP) is 2.55. The van der Waals surface area contributed by atoms with Gasteiger partial charge in [-0.1, -0.05) is 32.0 Å². The third kappa shape index (κ3) is 4.56. The predicted molar refractivity (Wildman–Crippen MR) is 82.7 cm³/mol. The van der Waals surface area contributed by atoms with E-state index >= 15 is 0 Å². The molecule has 0 bridgehead atoms. The maximum atomic E-state index is 12.1. The fourth-order valence-corrected chi connectivity index (χ4v) is 4.09. The molecule has 1 aliphatic rings. The van der Waals surface area contributed by atoms with Gasteiger partial charge in [0.1, 0.15) is 0 Å². The van der Waals surface area contributed by atoms with Crippen LogP contribution in [0.1, 0.15) is 39.5 Å². The molecule has 1 amide bonds. The fourth-order valence-electron chi connectivity index (χ4n) is 2.83. The minimum atomic E-state index is -3.37. The van der Waals surface area contributed by atoms with Crippen LogP contribution in [0.25, 0.3) is 0 Å². The van der Waals surface area contributed by atoms with E-state index < -0.39 is 9.84 Å². The van der Waals surface area contributed by atoms with Gasteiger partial charge in [-0.2, -0.15) is 0 Å². The zero-order valence-electron chi connectivity index (χ0n) is 12.6. The molecule has 1 saturated carbocycles. The lowest BCUT2D eigenvalue weighted by Gasteiger charge is -2.17. The Hall–Kier alpha value is -1.36. The Labute approximate surface area is 126 Å². The Morgan fingerprint density at radius 3 is 2.52 bits per heavy atom. The van der Waals surface area contributed by atoms with E-state index in [1.54, 1.807) is 30.3 Å². The summed E-state index contributed by atoms with van der Waals surface area (Å²) in [4.78, 5) is 12.2. The summed E-state index contributed by atoms with van der Waals surface area (Å²) < 4.78 is 24.2. The van der Waals surface area contributed by atoms with Crippen LogP contribution in [0, 0.1) is 5.41 Å². The van der Waals surface area contributed by atoms with E-state index in [4.69, 9.17) is 0 Å². The van der Waals surface area contributed by atoms with Crippen molar-refractivity contribution in [3.05, 3.63) is 30.3 Å². The Morgan fingerprint density at radius 1 is 1.29 bits per heavy atom. The maximum Gasteiger partial charge on any atom is 0.221 e. The van der Waals surface area contributed by atoms with Crippen molar-refractivity contribution < 1.29 is 13.2 Å². The van der Waals surface area contributed by atoms with E-state index in [9.17, 15) is 13.2 Å². The molecule has 0 spiro atoms. The summed E-state index contributed by atoms with van der Waals surface area (Å²) in [6, 6.07) is 8.46. The number of benzene rings is 1. The highest BCUT2D eigenvalue weighted by Gasteiger charge is 2.31. The van der Waals surface area contributed by atoms with Gasteiger partial charge in [-0.15, -0.1) is 0 Å². The number of hydrogen-bond donors (Lipinski definition) is 1. The first kappa shape index (κ1) is 16.0. The molecule has 0 radical (unpaired) electrons. The summed E-state index contributed by atoms with van der Waals surface area (Å²) in [5.41, 5.74) is 0.272. The molecule has 0 saturated heterocycles. The second-order valence-electron chi connectivity index (χ2n) is 6.55. The fraction of sp³-hybridized carbons (Fsp3) is 0.562. The van der Waals surface area contributed by atoms with Gasteiger partial charge in [0, 0.05) is 12.5 Å². The summed E-state index contributed by atoms with van der Waals surface area (Å²) in [6.45, 7) is 4.39. The number of carbonyl (C=O) groups excluding carboxylic acids is 1. The van der Waals surface area contributed by atoms with Gasteiger partial charge in [0.15, 0.2) is 9.84 Å². The molecule has 1 fully saturated rings. The first-order valence-electron chi connectivity index (χ1n) is 7.36. The topological polar surface area (TPSA) is 63.2 Å². The van der Waals surface area contributed by atoms with E-state index in [-0.39, 0.29) is 34.4 Å². The highest BCUT2D eigenvalue weighted by atomic mass is 32.2. The lowest BCUT2D eigenvalue weighted by atomic mass is 9.92. The first-order valence-corrected chi connectivity index (χ1v) is 9.01. The third-order valence-electron chi connectivity index (χ3n) is 4.03. The van der Waals surface area contributed by atoms with Crippen molar-refractivity contribution in [2.75, 3.05) is 5.75 Å². The van der Waals surface area contributed by atoms with Crippen molar-refractivity contribution in [2.45, 2.75) is 50.5 Å². The largest absolute Gasteiger partial charge is 0.353 e. The molecule has 1 atom stereocenters. The van der Waals surface area contributed by atoms with Crippen LogP contribution in [-0.2, 0) is 14.6 Å². The van der Waals surface area contributed by atoms with Crippen LogP contribution in [-0.4, -0.2) is 26.1 Å². The van der Waals surface area contributed by atoms with Gasteiger partial charge in [-0.3, -0.25) is 4.79 Å². The molecule has 0 aromatic heterocycles. The number of amides is 1. The number of rotatable bonds is 5. The molecule has 2 rings (SSSR count). The zero-order chi connectivity index (χ0) is 15.5. The lowest BCUT2D eigenvalue weighted by molar-refractivity contribution is -0.121.